The summed E-state index contributed by atoms with van der Waals surface area (Å²) in [4.78, 5) is 3.98. The number of nitriles is 1. The zero-order valence-electron chi connectivity index (χ0n) is 17.1. The maximum Gasteiger partial charge on any atom is 0.181 e. The summed E-state index contributed by atoms with van der Waals surface area (Å²) in [6.07, 6.45) is 0. The fraction of sp³-hybridized carbons (Fsp3) is 0.273. The molecular weight excluding hydrogens is 422 g/mol. The van der Waals surface area contributed by atoms with Gasteiger partial charge in [-0.05, 0) is 35.1 Å². The van der Waals surface area contributed by atoms with Crippen LogP contribution >= 0.6 is 22.7 Å². The molecule has 0 saturated heterocycles. The van der Waals surface area contributed by atoms with E-state index >= 15 is 0 Å². The minimum absolute atomic E-state index is 0.240. The summed E-state index contributed by atoms with van der Waals surface area (Å²) in [5.41, 5.74) is 14.2. The van der Waals surface area contributed by atoms with Crippen LogP contribution in [0.15, 0.2) is 24.3 Å². The molecule has 30 heavy (non-hydrogen) atoms. The summed E-state index contributed by atoms with van der Waals surface area (Å²) in [6.45, 7) is 8.18. The van der Waals surface area contributed by atoms with E-state index in [9.17, 15) is 8.78 Å². The number of nitrogens with two attached hydrogens (primary N) is 2. The van der Waals surface area contributed by atoms with E-state index in [1.807, 2.05) is 13.8 Å². The molecule has 0 aliphatic heterocycles. The lowest BCUT2D eigenvalue weighted by Gasteiger charge is -2.07. The Kier molecular flexibility index (Phi) is 6.25. The van der Waals surface area contributed by atoms with Crippen molar-refractivity contribution in [2.24, 2.45) is 0 Å². The van der Waals surface area contributed by atoms with Crippen LogP contribution in [0.25, 0.3) is 20.3 Å². The van der Waals surface area contributed by atoms with E-state index in [4.69, 9.17) is 16.7 Å². The molecule has 8 heteroatoms. The van der Waals surface area contributed by atoms with E-state index in [2.05, 4.69) is 24.9 Å². The third-order valence-electron chi connectivity index (χ3n) is 4.75. The van der Waals surface area contributed by atoms with Gasteiger partial charge in [-0.2, -0.15) is 5.26 Å². The summed E-state index contributed by atoms with van der Waals surface area (Å²) in [5.74, 6) is -0.00269. The average Bonchev–Trinajstić information content (AvgIpc) is 3.22. The van der Waals surface area contributed by atoms with Gasteiger partial charge in [-0.3, -0.25) is 0 Å². The maximum absolute atomic E-state index is 13.6. The van der Waals surface area contributed by atoms with Crippen molar-refractivity contribution in [3.63, 3.8) is 0 Å². The highest BCUT2D eigenvalue weighted by Gasteiger charge is 2.18. The molecule has 2 aromatic carbocycles. The van der Waals surface area contributed by atoms with E-state index in [1.54, 1.807) is 12.1 Å². The number of nitrogen functional groups attached to an aromatic ring is 2. The smallest absolute Gasteiger partial charge is 0.181 e. The van der Waals surface area contributed by atoms with Crippen molar-refractivity contribution < 1.29 is 8.78 Å². The SMILES string of the molecule is CC(C)c1ccc(F)c2nc(N)sc12.CC(C)c1ccc(F)c2sc(N)c(C#N)c12. The van der Waals surface area contributed by atoms with Crippen molar-refractivity contribution in [2.75, 3.05) is 11.5 Å². The number of thiazole rings is 1. The van der Waals surface area contributed by atoms with E-state index in [-0.39, 0.29) is 17.6 Å². The molecule has 0 saturated carbocycles. The van der Waals surface area contributed by atoms with Crippen molar-refractivity contribution in [3.8, 4) is 6.07 Å². The van der Waals surface area contributed by atoms with Gasteiger partial charge in [0.2, 0.25) is 0 Å². The summed E-state index contributed by atoms with van der Waals surface area (Å²) in [5, 5.41) is 10.6. The fourth-order valence-electron chi connectivity index (χ4n) is 3.27. The van der Waals surface area contributed by atoms with Crippen molar-refractivity contribution in [3.05, 3.63) is 52.6 Å². The van der Waals surface area contributed by atoms with E-state index in [0.717, 1.165) is 27.2 Å². The number of fused-ring (bicyclic) bond motifs is 2. The third-order valence-corrected chi connectivity index (χ3v) is 6.71. The van der Waals surface area contributed by atoms with Crippen molar-refractivity contribution in [1.29, 1.82) is 5.26 Å². The topological polar surface area (TPSA) is 88.7 Å². The lowest BCUT2D eigenvalue weighted by molar-refractivity contribution is 0.636. The highest BCUT2D eigenvalue weighted by Crippen LogP contribution is 2.39. The second kappa shape index (κ2) is 8.54. The highest BCUT2D eigenvalue weighted by molar-refractivity contribution is 7.23. The number of halogens is 2. The molecule has 0 aliphatic rings. The number of rotatable bonds is 2. The van der Waals surface area contributed by atoms with Gasteiger partial charge in [0, 0.05) is 5.39 Å². The summed E-state index contributed by atoms with van der Waals surface area (Å²) < 4.78 is 28.3. The van der Waals surface area contributed by atoms with E-state index in [0.29, 0.717) is 37.2 Å². The Morgan fingerprint density at radius 2 is 1.50 bits per heavy atom. The molecule has 4 rings (SSSR count). The van der Waals surface area contributed by atoms with Crippen LogP contribution in [0.4, 0.5) is 18.9 Å². The van der Waals surface area contributed by atoms with Gasteiger partial charge in [-0.1, -0.05) is 51.2 Å². The molecule has 0 aliphatic carbocycles. The lowest BCUT2D eigenvalue weighted by Crippen LogP contribution is -1.91. The van der Waals surface area contributed by atoms with E-state index in [1.165, 1.54) is 23.5 Å². The predicted molar refractivity (Wildman–Crippen MR) is 123 cm³/mol. The second-order valence-corrected chi connectivity index (χ2v) is 9.55. The van der Waals surface area contributed by atoms with Gasteiger partial charge in [0.1, 0.15) is 28.2 Å². The van der Waals surface area contributed by atoms with Crippen LogP contribution in [0.5, 0.6) is 0 Å². The molecule has 4 aromatic rings. The molecule has 2 aromatic heterocycles. The number of anilines is 2. The monoisotopic (exact) mass is 444 g/mol. The largest absolute Gasteiger partial charge is 0.389 e. The Balaban J connectivity index is 0.000000172. The van der Waals surface area contributed by atoms with Crippen LogP contribution in [0, 0.1) is 23.0 Å². The minimum atomic E-state index is -0.308. The quantitative estimate of drug-likeness (QED) is 0.357. The van der Waals surface area contributed by atoms with Gasteiger partial charge in [0.25, 0.3) is 0 Å². The Morgan fingerprint density at radius 1 is 0.900 bits per heavy atom. The standard InChI is InChI=1S/C12H11FN2S.C10H11FN2S/c1-6(2)7-3-4-9(13)11-10(7)8(5-14)12(15)16-11;1-5(2)6-3-4-7(11)8-9(6)14-10(12)13-8/h3-4,6H,15H2,1-2H3;3-5H,1-2H3,(H2,12,13). The van der Waals surface area contributed by atoms with Gasteiger partial charge in [0.15, 0.2) is 5.13 Å². The molecule has 0 radical (unpaired) electrons. The molecule has 4 nitrogen and oxygen atoms in total. The van der Waals surface area contributed by atoms with Gasteiger partial charge in [0.05, 0.1) is 15.0 Å². The Morgan fingerprint density at radius 3 is 2.10 bits per heavy atom. The van der Waals surface area contributed by atoms with Gasteiger partial charge in [-0.15, -0.1) is 11.3 Å². The van der Waals surface area contributed by atoms with Crippen LogP contribution in [0.1, 0.15) is 56.2 Å². The Bertz CT molecular complexity index is 1270. The first-order valence-corrected chi connectivity index (χ1v) is 11.0. The molecule has 0 bridgehead atoms. The number of thiophene rings is 1. The number of hydrogen-bond acceptors (Lipinski definition) is 6. The normalized spacial score (nSPS) is 11.2. The fourth-order valence-corrected chi connectivity index (χ4v) is 5.24. The van der Waals surface area contributed by atoms with Gasteiger partial charge in [-0.25, -0.2) is 13.8 Å². The molecule has 4 N–H and O–H groups in total. The molecular formula is C22H22F2N4S2. The summed E-state index contributed by atoms with van der Waals surface area (Å²) in [7, 11) is 0. The zero-order chi connectivity index (χ0) is 22.2. The van der Waals surface area contributed by atoms with E-state index < -0.39 is 0 Å². The molecule has 0 amide bonds. The highest BCUT2D eigenvalue weighted by atomic mass is 32.1. The van der Waals surface area contributed by atoms with Crippen LogP contribution in [-0.4, -0.2) is 4.98 Å². The first-order chi connectivity index (χ1) is 14.1. The zero-order valence-corrected chi connectivity index (χ0v) is 18.7. The Labute approximate surface area is 181 Å². The number of benzene rings is 2. The first-order valence-electron chi connectivity index (χ1n) is 9.40. The second-order valence-electron chi connectivity index (χ2n) is 7.47. The van der Waals surface area contributed by atoms with Gasteiger partial charge < -0.3 is 11.5 Å². The van der Waals surface area contributed by atoms with Crippen molar-refractivity contribution in [2.45, 2.75) is 39.5 Å². The van der Waals surface area contributed by atoms with Crippen LogP contribution in [0.3, 0.4) is 0 Å². The minimum Gasteiger partial charge on any atom is -0.389 e. The molecule has 0 atom stereocenters. The number of aromatic nitrogens is 1. The third kappa shape index (κ3) is 3.95. The van der Waals surface area contributed by atoms with Crippen LogP contribution in [0.2, 0.25) is 0 Å². The molecule has 0 spiro atoms. The first kappa shape index (κ1) is 21.9. The molecule has 0 fully saturated rings. The predicted octanol–water partition coefficient (Wildman–Crippen LogP) is 6.76. The maximum atomic E-state index is 13.6. The number of nitrogens with zero attached hydrogens (tertiary/aromatic N) is 2. The lowest BCUT2D eigenvalue weighted by atomic mass is 9.97. The molecule has 2 heterocycles. The Hall–Kier alpha value is -2.76. The van der Waals surface area contributed by atoms with Crippen LogP contribution in [-0.2, 0) is 0 Å². The van der Waals surface area contributed by atoms with Crippen molar-refractivity contribution in [1.82, 2.24) is 4.98 Å². The summed E-state index contributed by atoms with van der Waals surface area (Å²) >= 11 is 2.49. The molecule has 156 valence electrons. The van der Waals surface area contributed by atoms with Gasteiger partial charge >= 0.3 is 0 Å². The van der Waals surface area contributed by atoms with Crippen LogP contribution < -0.4 is 11.5 Å². The average molecular weight is 445 g/mol. The number of hydrogen-bond donors (Lipinski definition) is 2. The summed E-state index contributed by atoms with van der Waals surface area (Å²) in [6, 6.07) is 8.49. The van der Waals surface area contributed by atoms with Crippen molar-refractivity contribution >= 4 is 53.1 Å². The molecule has 0 unspecified atom stereocenters.